The molecule has 0 aliphatic heterocycles. The van der Waals surface area contributed by atoms with Crippen molar-refractivity contribution in [2.24, 2.45) is 0 Å². The van der Waals surface area contributed by atoms with Crippen molar-refractivity contribution in [2.45, 2.75) is 52.0 Å². The molecule has 96 valence electrons. The molecule has 1 aromatic rings. The van der Waals surface area contributed by atoms with E-state index in [2.05, 4.69) is 57.4 Å². The van der Waals surface area contributed by atoms with Gasteiger partial charge in [-0.2, -0.15) is 11.1 Å². The Morgan fingerprint density at radius 3 is 1.82 bits per heavy atom. The molecule has 0 saturated heterocycles. The van der Waals surface area contributed by atoms with Crippen LogP contribution >= 0.6 is 11.1 Å². The highest BCUT2D eigenvalue weighted by Gasteiger charge is 2.26. The molecule has 3 heteroatoms. The molecule has 1 rings (SSSR count). The van der Waals surface area contributed by atoms with Gasteiger partial charge < -0.3 is 0 Å². The molecular weight excluding hydrogens is 260 g/mol. The predicted molar refractivity (Wildman–Crippen MR) is 86.2 cm³/mol. The third-order valence-electron chi connectivity index (χ3n) is 3.35. The van der Waals surface area contributed by atoms with Crippen LogP contribution in [-0.2, 0) is 0 Å². The Labute approximate surface area is 113 Å². The summed E-state index contributed by atoms with van der Waals surface area (Å²) in [6.07, 6.45) is 2.49. The van der Waals surface area contributed by atoms with E-state index in [9.17, 15) is 0 Å². The van der Waals surface area contributed by atoms with E-state index in [1.807, 2.05) is 0 Å². The molecule has 0 fully saturated rings. The van der Waals surface area contributed by atoms with Crippen molar-refractivity contribution < 1.29 is 0 Å². The van der Waals surface area contributed by atoms with Crippen LogP contribution in [0.4, 0.5) is 0 Å². The lowest BCUT2D eigenvalue weighted by molar-refractivity contribution is 0.874. The number of hydrogen-bond acceptors (Lipinski definition) is 0. The molecule has 17 heavy (non-hydrogen) atoms. The van der Waals surface area contributed by atoms with E-state index in [0.29, 0.717) is 0 Å². The van der Waals surface area contributed by atoms with E-state index < -0.39 is 15.5 Å². The van der Waals surface area contributed by atoms with Gasteiger partial charge in [0.25, 0.3) is 0 Å². The summed E-state index contributed by atoms with van der Waals surface area (Å²) in [5.41, 5.74) is 0. The highest BCUT2D eigenvalue weighted by atomic mass is 35.6. The maximum Gasteiger partial charge on any atom is 0.183 e. The Morgan fingerprint density at radius 1 is 0.941 bits per heavy atom. The second kappa shape index (κ2) is 5.72. The van der Waals surface area contributed by atoms with Crippen LogP contribution in [0.1, 0.15) is 19.8 Å². The van der Waals surface area contributed by atoms with Crippen molar-refractivity contribution in [3.05, 3.63) is 24.3 Å². The molecule has 0 aliphatic carbocycles. The van der Waals surface area contributed by atoms with Crippen LogP contribution in [0, 0.1) is 0 Å². The van der Waals surface area contributed by atoms with E-state index in [1.54, 1.807) is 0 Å². The Hall–Kier alpha value is -0.0562. The molecule has 0 spiro atoms. The van der Waals surface area contributed by atoms with E-state index in [0.717, 1.165) is 0 Å². The van der Waals surface area contributed by atoms with Gasteiger partial charge in [0.15, 0.2) is 7.38 Å². The highest BCUT2D eigenvalue weighted by molar-refractivity contribution is 7.26. The SMILES string of the molecule is CCCC[Si](C)(Cl)c1ccc([Si](C)(C)C)cc1. The topological polar surface area (TPSA) is 0 Å². The molecule has 0 nitrogen and oxygen atoms in total. The van der Waals surface area contributed by atoms with Crippen molar-refractivity contribution in [3.63, 3.8) is 0 Å². The summed E-state index contributed by atoms with van der Waals surface area (Å²) in [5, 5.41) is 2.92. The van der Waals surface area contributed by atoms with E-state index in [1.165, 1.54) is 29.3 Å². The fourth-order valence-corrected chi connectivity index (χ4v) is 6.08. The minimum Gasteiger partial charge on any atom is -0.161 e. The third-order valence-corrected chi connectivity index (χ3v) is 9.47. The molecule has 1 atom stereocenters. The van der Waals surface area contributed by atoms with Gasteiger partial charge in [-0.3, -0.25) is 0 Å². The number of rotatable bonds is 5. The summed E-state index contributed by atoms with van der Waals surface area (Å²) in [6.45, 7) is 11.7. The van der Waals surface area contributed by atoms with Crippen LogP contribution in [0.5, 0.6) is 0 Å². The lowest BCUT2D eigenvalue weighted by Crippen LogP contribution is -2.42. The maximum atomic E-state index is 6.76. The molecule has 0 heterocycles. The molecule has 0 bridgehead atoms. The first-order valence-electron chi connectivity index (χ1n) is 6.57. The van der Waals surface area contributed by atoms with Crippen LogP contribution < -0.4 is 10.4 Å². The second-order valence-corrected chi connectivity index (χ2v) is 17.2. The zero-order valence-electron chi connectivity index (χ0n) is 11.8. The summed E-state index contributed by atoms with van der Waals surface area (Å²) in [4.78, 5) is 0. The van der Waals surface area contributed by atoms with E-state index in [-0.39, 0.29) is 0 Å². The Morgan fingerprint density at radius 2 is 1.41 bits per heavy atom. The minimum absolute atomic E-state index is 1.17. The largest absolute Gasteiger partial charge is 0.183 e. The smallest absolute Gasteiger partial charge is 0.161 e. The second-order valence-electron chi connectivity index (χ2n) is 6.13. The van der Waals surface area contributed by atoms with Gasteiger partial charge >= 0.3 is 0 Å². The number of hydrogen-bond donors (Lipinski definition) is 0. The Kier molecular flexibility index (Phi) is 5.05. The Balaban J connectivity index is 2.87. The molecule has 0 saturated carbocycles. The lowest BCUT2D eigenvalue weighted by atomic mass is 10.4. The van der Waals surface area contributed by atoms with Crippen molar-refractivity contribution >= 4 is 36.9 Å². The first kappa shape index (κ1) is 15.0. The van der Waals surface area contributed by atoms with Gasteiger partial charge in [-0.05, 0) is 11.2 Å². The first-order valence-corrected chi connectivity index (χ1v) is 13.8. The average molecular weight is 285 g/mol. The fraction of sp³-hybridized carbons (Fsp3) is 0.571. The van der Waals surface area contributed by atoms with Gasteiger partial charge in [0.05, 0.1) is 8.07 Å². The van der Waals surface area contributed by atoms with Gasteiger partial charge in [-0.1, -0.05) is 75.4 Å². The van der Waals surface area contributed by atoms with Gasteiger partial charge in [0.2, 0.25) is 0 Å². The summed E-state index contributed by atoms with van der Waals surface area (Å²) >= 11 is 6.76. The molecule has 0 amide bonds. The number of halogens is 1. The molecular formula is C14H25ClSi2. The first-order chi connectivity index (χ1) is 7.77. The number of unbranched alkanes of at least 4 members (excludes halogenated alkanes) is 1. The molecule has 0 aromatic heterocycles. The van der Waals surface area contributed by atoms with Crippen LogP contribution in [0.25, 0.3) is 0 Å². The summed E-state index contributed by atoms with van der Waals surface area (Å²) in [5.74, 6) is 0. The van der Waals surface area contributed by atoms with Crippen molar-refractivity contribution in [1.29, 1.82) is 0 Å². The predicted octanol–water partition coefficient (Wildman–Crippen LogP) is 4.05. The van der Waals surface area contributed by atoms with Crippen LogP contribution in [-0.4, -0.2) is 15.5 Å². The van der Waals surface area contributed by atoms with E-state index in [4.69, 9.17) is 11.1 Å². The summed E-state index contributed by atoms with van der Waals surface area (Å²) < 4.78 is 0. The van der Waals surface area contributed by atoms with Gasteiger partial charge in [-0.25, -0.2) is 0 Å². The average Bonchev–Trinajstić information content (AvgIpc) is 2.25. The van der Waals surface area contributed by atoms with Gasteiger partial charge in [0.1, 0.15) is 0 Å². The minimum atomic E-state index is -1.69. The lowest BCUT2D eigenvalue weighted by Gasteiger charge is -2.22. The molecule has 1 aromatic carbocycles. The van der Waals surface area contributed by atoms with Gasteiger partial charge in [-0.15, -0.1) is 0 Å². The quantitative estimate of drug-likeness (QED) is 0.565. The van der Waals surface area contributed by atoms with Gasteiger partial charge in [0, 0.05) is 0 Å². The monoisotopic (exact) mass is 284 g/mol. The third kappa shape index (κ3) is 4.27. The highest BCUT2D eigenvalue weighted by Crippen LogP contribution is 2.18. The summed E-state index contributed by atoms with van der Waals surface area (Å²) in [6, 6.07) is 10.4. The molecule has 0 N–H and O–H groups in total. The van der Waals surface area contributed by atoms with Crippen molar-refractivity contribution in [1.82, 2.24) is 0 Å². The molecule has 1 unspecified atom stereocenters. The van der Waals surface area contributed by atoms with Crippen molar-refractivity contribution in [3.8, 4) is 0 Å². The van der Waals surface area contributed by atoms with Crippen LogP contribution in [0.3, 0.4) is 0 Å². The number of benzene rings is 1. The summed E-state index contributed by atoms with van der Waals surface area (Å²) in [7, 11) is -2.86. The maximum absolute atomic E-state index is 6.76. The fourth-order valence-electron chi connectivity index (χ4n) is 1.97. The standard InChI is InChI=1S/C14H25ClSi2/c1-6-7-12-17(5,15)14-10-8-13(9-11-14)16(2,3)4/h8-11H,6-7,12H2,1-5H3. The zero-order chi connectivity index (χ0) is 13.1. The van der Waals surface area contributed by atoms with Crippen molar-refractivity contribution in [2.75, 3.05) is 0 Å². The Bertz CT molecular complexity index is 349. The van der Waals surface area contributed by atoms with Crippen LogP contribution in [0.2, 0.25) is 32.2 Å². The molecule has 0 radical (unpaired) electrons. The zero-order valence-corrected chi connectivity index (χ0v) is 14.6. The molecule has 0 aliphatic rings. The van der Waals surface area contributed by atoms with Crippen LogP contribution in [0.15, 0.2) is 24.3 Å². The van der Waals surface area contributed by atoms with E-state index >= 15 is 0 Å². The normalized spacial score (nSPS) is 15.6.